The standard InChI is InChI=1S/C12H18O2/c1-4-8-13-11-6-5-7-12(9-11)14-10(2)3/h5-7,9-10H,4,8H2,1-3H3. The van der Waals surface area contributed by atoms with Crippen molar-refractivity contribution in [3.63, 3.8) is 0 Å². The Labute approximate surface area is 85.8 Å². The molecule has 0 spiro atoms. The Morgan fingerprint density at radius 3 is 2.57 bits per heavy atom. The van der Waals surface area contributed by atoms with E-state index < -0.39 is 0 Å². The number of ether oxygens (including phenoxy) is 2. The van der Waals surface area contributed by atoms with E-state index in [0.717, 1.165) is 24.5 Å². The fourth-order valence-corrected chi connectivity index (χ4v) is 1.13. The van der Waals surface area contributed by atoms with Gasteiger partial charge in [0.05, 0.1) is 12.7 Å². The molecule has 0 saturated heterocycles. The van der Waals surface area contributed by atoms with Gasteiger partial charge in [-0.05, 0) is 32.4 Å². The maximum Gasteiger partial charge on any atom is 0.123 e. The Morgan fingerprint density at radius 1 is 1.21 bits per heavy atom. The minimum Gasteiger partial charge on any atom is -0.493 e. The summed E-state index contributed by atoms with van der Waals surface area (Å²) < 4.78 is 11.1. The quantitative estimate of drug-likeness (QED) is 0.716. The van der Waals surface area contributed by atoms with Crippen molar-refractivity contribution in [1.82, 2.24) is 0 Å². The van der Waals surface area contributed by atoms with Gasteiger partial charge in [-0.25, -0.2) is 0 Å². The molecule has 0 heterocycles. The highest BCUT2D eigenvalue weighted by atomic mass is 16.5. The third-order valence-corrected chi connectivity index (χ3v) is 1.65. The summed E-state index contributed by atoms with van der Waals surface area (Å²) in [6.07, 6.45) is 1.23. The molecule has 0 unspecified atom stereocenters. The Kier molecular flexibility index (Phi) is 4.30. The predicted octanol–water partition coefficient (Wildman–Crippen LogP) is 3.26. The minimum absolute atomic E-state index is 0.205. The van der Waals surface area contributed by atoms with E-state index in [9.17, 15) is 0 Å². The lowest BCUT2D eigenvalue weighted by molar-refractivity contribution is 0.240. The van der Waals surface area contributed by atoms with Crippen molar-refractivity contribution in [2.45, 2.75) is 33.3 Å². The molecule has 0 amide bonds. The maximum atomic E-state index is 5.55. The largest absolute Gasteiger partial charge is 0.493 e. The molecule has 1 aromatic rings. The average molecular weight is 194 g/mol. The fraction of sp³-hybridized carbons (Fsp3) is 0.500. The molecular formula is C12H18O2. The first-order chi connectivity index (χ1) is 6.72. The lowest BCUT2D eigenvalue weighted by Gasteiger charge is -2.11. The average Bonchev–Trinajstić information content (AvgIpc) is 2.14. The highest BCUT2D eigenvalue weighted by Gasteiger charge is 1.99. The summed E-state index contributed by atoms with van der Waals surface area (Å²) in [6.45, 7) is 6.87. The summed E-state index contributed by atoms with van der Waals surface area (Å²) in [5.41, 5.74) is 0. The topological polar surface area (TPSA) is 18.5 Å². The molecule has 0 aliphatic rings. The fourth-order valence-electron chi connectivity index (χ4n) is 1.13. The van der Waals surface area contributed by atoms with Crippen molar-refractivity contribution >= 4 is 0 Å². The van der Waals surface area contributed by atoms with Gasteiger partial charge in [-0.15, -0.1) is 0 Å². The summed E-state index contributed by atoms with van der Waals surface area (Å²) in [7, 11) is 0. The van der Waals surface area contributed by atoms with Crippen LogP contribution >= 0.6 is 0 Å². The van der Waals surface area contributed by atoms with Crippen molar-refractivity contribution < 1.29 is 9.47 Å². The van der Waals surface area contributed by atoms with E-state index >= 15 is 0 Å². The normalized spacial score (nSPS) is 10.3. The second-order valence-corrected chi connectivity index (χ2v) is 3.49. The van der Waals surface area contributed by atoms with Gasteiger partial charge in [0.1, 0.15) is 11.5 Å². The molecule has 1 aromatic carbocycles. The molecule has 14 heavy (non-hydrogen) atoms. The van der Waals surface area contributed by atoms with Crippen LogP contribution in [-0.2, 0) is 0 Å². The predicted molar refractivity (Wildman–Crippen MR) is 58.0 cm³/mol. The van der Waals surface area contributed by atoms with Gasteiger partial charge < -0.3 is 9.47 Å². The second-order valence-electron chi connectivity index (χ2n) is 3.49. The third kappa shape index (κ3) is 3.69. The highest BCUT2D eigenvalue weighted by Crippen LogP contribution is 2.20. The number of hydrogen-bond donors (Lipinski definition) is 0. The summed E-state index contributed by atoms with van der Waals surface area (Å²) >= 11 is 0. The molecule has 1 rings (SSSR count). The Morgan fingerprint density at radius 2 is 1.93 bits per heavy atom. The number of rotatable bonds is 5. The monoisotopic (exact) mass is 194 g/mol. The van der Waals surface area contributed by atoms with E-state index in [1.165, 1.54) is 0 Å². The van der Waals surface area contributed by atoms with Crippen LogP contribution in [0.15, 0.2) is 24.3 Å². The van der Waals surface area contributed by atoms with E-state index in [-0.39, 0.29) is 6.10 Å². The van der Waals surface area contributed by atoms with Gasteiger partial charge in [0, 0.05) is 6.07 Å². The zero-order chi connectivity index (χ0) is 10.4. The first kappa shape index (κ1) is 10.9. The molecule has 0 aliphatic heterocycles. The van der Waals surface area contributed by atoms with Crippen LogP contribution in [0.2, 0.25) is 0 Å². The Bertz CT molecular complexity index is 269. The molecule has 0 aliphatic carbocycles. The van der Waals surface area contributed by atoms with Gasteiger partial charge in [-0.3, -0.25) is 0 Å². The first-order valence-electron chi connectivity index (χ1n) is 5.12. The number of hydrogen-bond acceptors (Lipinski definition) is 2. The number of benzene rings is 1. The van der Waals surface area contributed by atoms with E-state index in [0.29, 0.717) is 0 Å². The van der Waals surface area contributed by atoms with Gasteiger partial charge in [0.2, 0.25) is 0 Å². The van der Waals surface area contributed by atoms with Crippen LogP contribution in [0.4, 0.5) is 0 Å². The van der Waals surface area contributed by atoms with E-state index in [1.807, 2.05) is 38.1 Å². The van der Waals surface area contributed by atoms with Crippen molar-refractivity contribution in [3.05, 3.63) is 24.3 Å². The summed E-state index contributed by atoms with van der Waals surface area (Å²) in [5, 5.41) is 0. The molecule has 0 saturated carbocycles. The van der Waals surface area contributed by atoms with E-state index in [2.05, 4.69) is 6.92 Å². The maximum absolute atomic E-state index is 5.55. The zero-order valence-electron chi connectivity index (χ0n) is 9.12. The van der Waals surface area contributed by atoms with Gasteiger partial charge in [0.15, 0.2) is 0 Å². The molecule has 2 heteroatoms. The summed E-state index contributed by atoms with van der Waals surface area (Å²) in [4.78, 5) is 0. The zero-order valence-corrected chi connectivity index (χ0v) is 9.12. The van der Waals surface area contributed by atoms with Crippen molar-refractivity contribution in [2.75, 3.05) is 6.61 Å². The van der Waals surface area contributed by atoms with Gasteiger partial charge >= 0.3 is 0 Å². The van der Waals surface area contributed by atoms with E-state index in [4.69, 9.17) is 9.47 Å². The van der Waals surface area contributed by atoms with Crippen LogP contribution in [0.1, 0.15) is 27.2 Å². The van der Waals surface area contributed by atoms with Crippen LogP contribution in [0.25, 0.3) is 0 Å². The lowest BCUT2D eigenvalue weighted by Crippen LogP contribution is -2.05. The second kappa shape index (κ2) is 5.53. The van der Waals surface area contributed by atoms with Crippen LogP contribution < -0.4 is 9.47 Å². The van der Waals surface area contributed by atoms with Crippen molar-refractivity contribution in [1.29, 1.82) is 0 Å². The lowest BCUT2D eigenvalue weighted by atomic mass is 10.3. The highest BCUT2D eigenvalue weighted by molar-refractivity contribution is 5.32. The summed E-state index contributed by atoms with van der Waals surface area (Å²) in [5.74, 6) is 1.75. The van der Waals surface area contributed by atoms with Crippen LogP contribution in [0, 0.1) is 0 Å². The molecule has 78 valence electrons. The molecule has 0 aromatic heterocycles. The molecule has 0 radical (unpaired) electrons. The van der Waals surface area contributed by atoms with Gasteiger partial charge in [-0.2, -0.15) is 0 Å². The molecule has 0 atom stereocenters. The van der Waals surface area contributed by atoms with Crippen LogP contribution in [-0.4, -0.2) is 12.7 Å². The van der Waals surface area contributed by atoms with Gasteiger partial charge in [0.25, 0.3) is 0 Å². The van der Waals surface area contributed by atoms with Crippen LogP contribution in [0.3, 0.4) is 0 Å². The van der Waals surface area contributed by atoms with Crippen molar-refractivity contribution in [3.8, 4) is 11.5 Å². The minimum atomic E-state index is 0.205. The molecule has 0 bridgehead atoms. The van der Waals surface area contributed by atoms with Crippen molar-refractivity contribution in [2.24, 2.45) is 0 Å². The van der Waals surface area contributed by atoms with Gasteiger partial charge in [-0.1, -0.05) is 13.0 Å². The van der Waals surface area contributed by atoms with E-state index in [1.54, 1.807) is 0 Å². The molecule has 2 nitrogen and oxygen atoms in total. The Balaban J connectivity index is 2.59. The molecule has 0 fully saturated rings. The van der Waals surface area contributed by atoms with Crippen LogP contribution in [0.5, 0.6) is 11.5 Å². The SMILES string of the molecule is CCCOc1cccc(OC(C)C)c1. The molecule has 0 N–H and O–H groups in total. The smallest absolute Gasteiger partial charge is 0.123 e. The Hall–Kier alpha value is -1.18. The molecular weight excluding hydrogens is 176 g/mol. The summed E-state index contributed by atoms with van der Waals surface area (Å²) in [6, 6.07) is 7.76. The third-order valence-electron chi connectivity index (χ3n) is 1.65. The first-order valence-corrected chi connectivity index (χ1v) is 5.12.